The summed E-state index contributed by atoms with van der Waals surface area (Å²) in [5.41, 5.74) is 0. The third kappa shape index (κ3) is 5.67. The maximum absolute atomic E-state index is 5.91. The highest BCUT2D eigenvalue weighted by molar-refractivity contribution is 6.30. The Bertz CT molecular complexity index is 397. The van der Waals surface area contributed by atoms with Gasteiger partial charge in [-0.05, 0) is 25.1 Å². The number of hydrogen-bond acceptors (Lipinski definition) is 4. The minimum atomic E-state index is 0.455. The highest BCUT2D eigenvalue weighted by atomic mass is 35.5. The zero-order valence-electron chi connectivity index (χ0n) is 12.0. The lowest BCUT2D eigenvalue weighted by Gasteiger charge is -2.29. The molecule has 112 valence electrons. The van der Waals surface area contributed by atoms with E-state index in [0.29, 0.717) is 17.7 Å². The van der Waals surface area contributed by atoms with Gasteiger partial charge in [0.25, 0.3) is 0 Å². The van der Waals surface area contributed by atoms with E-state index in [0.717, 1.165) is 45.1 Å². The second kappa shape index (κ2) is 8.47. The zero-order valence-corrected chi connectivity index (χ0v) is 12.7. The van der Waals surface area contributed by atoms with Crippen molar-refractivity contribution in [1.82, 2.24) is 10.2 Å². The van der Waals surface area contributed by atoms with Gasteiger partial charge in [-0.2, -0.15) is 0 Å². The molecule has 0 radical (unpaired) electrons. The van der Waals surface area contributed by atoms with Crippen LogP contribution in [0.5, 0.6) is 5.75 Å². The van der Waals surface area contributed by atoms with Gasteiger partial charge in [0.15, 0.2) is 0 Å². The predicted molar refractivity (Wildman–Crippen MR) is 81.7 cm³/mol. The number of ether oxygens (including phenoxy) is 2. The smallest absolute Gasteiger partial charge is 0.120 e. The fraction of sp³-hybridized carbons (Fsp3) is 0.600. The molecule has 0 aliphatic carbocycles. The fourth-order valence-corrected chi connectivity index (χ4v) is 2.45. The van der Waals surface area contributed by atoms with E-state index in [1.54, 1.807) is 0 Å². The van der Waals surface area contributed by atoms with E-state index in [4.69, 9.17) is 21.1 Å². The van der Waals surface area contributed by atoms with Crippen molar-refractivity contribution in [3.63, 3.8) is 0 Å². The van der Waals surface area contributed by atoms with E-state index < -0.39 is 0 Å². The van der Waals surface area contributed by atoms with Crippen LogP contribution in [0.4, 0.5) is 0 Å². The molecule has 20 heavy (non-hydrogen) atoms. The Hall–Kier alpha value is -0.810. The van der Waals surface area contributed by atoms with Crippen molar-refractivity contribution < 1.29 is 9.47 Å². The normalized spacial score (nSPS) is 17.9. The maximum Gasteiger partial charge on any atom is 0.120 e. The number of halogens is 1. The number of rotatable bonds is 7. The molecule has 1 fully saturated rings. The summed E-state index contributed by atoms with van der Waals surface area (Å²) >= 11 is 5.91. The Kier molecular flexibility index (Phi) is 6.60. The van der Waals surface area contributed by atoms with Crippen LogP contribution in [0.1, 0.15) is 6.92 Å². The monoisotopic (exact) mass is 298 g/mol. The van der Waals surface area contributed by atoms with Crippen LogP contribution in [0.2, 0.25) is 5.02 Å². The topological polar surface area (TPSA) is 33.7 Å². The van der Waals surface area contributed by atoms with Crippen LogP contribution in [-0.2, 0) is 4.74 Å². The molecule has 1 atom stereocenters. The quantitative estimate of drug-likeness (QED) is 0.781. The standard InChI is InChI=1S/C15H23ClN2O2/c1-13(12-18-6-9-19-10-7-18)17-5-8-20-15-4-2-3-14(16)11-15/h2-4,11,13,17H,5-10,12H2,1H3. The van der Waals surface area contributed by atoms with Gasteiger partial charge in [-0.15, -0.1) is 0 Å². The highest BCUT2D eigenvalue weighted by Gasteiger charge is 2.12. The number of benzene rings is 1. The lowest BCUT2D eigenvalue weighted by Crippen LogP contribution is -2.45. The molecule has 4 nitrogen and oxygen atoms in total. The highest BCUT2D eigenvalue weighted by Crippen LogP contribution is 2.16. The van der Waals surface area contributed by atoms with E-state index in [1.165, 1.54) is 0 Å². The van der Waals surface area contributed by atoms with Crippen LogP contribution in [0.25, 0.3) is 0 Å². The Morgan fingerprint density at radius 1 is 1.40 bits per heavy atom. The third-order valence-corrected chi connectivity index (χ3v) is 3.53. The molecule has 0 amide bonds. The first-order valence-corrected chi connectivity index (χ1v) is 7.53. The van der Waals surface area contributed by atoms with Crippen molar-refractivity contribution in [3.05, 3.63) is 29.3 Å². The van der Waals surface area contributed by atoms with Gasteiger partial charge in [0.2, 0.25) is 0 Å². The number of nitrogens with zero attached hydrogens (tertiary/aromatic N) is 1. The van der Waals surface area contributed by atoms with E-state index in [9.17, 15) is 0 Å². The van der Waals surface area contributed by atoms with Crippen LogP contribution in [0, 0.1) is 0 Å². The second-order valence-corrected chi connectivity index (χ2v) is 5.51. The van der Waals surface area contributed by atoms with Crippen molar-refractivity contribution in [2.75, 3.05) is 46.0 Å². The molecule has 1 saturated heterocycles. The van der Waals surface area contributed by atoms with E-state index in [-0.39, 0.29) is 0 Å². The molecule has 1 unspecified atom stereocenters. The average Bonchev–Trinajstić information content (AvgIpc) is 2.45. The summed E-state index contributed by atoms with van der Waals surface area (Å²) in [6, 6.07) is 7.95. The van der Waals surface area contributed by atoms with Crippen LogP contribution >= 0.6 is 11.6 Å². The van der Waals surface area contributed by atoms with Crippen molar-refractivity contribution in [2.24, 2.45) is 0 Å². The molecule has 1 heterocycles. The average molecular weight is 299 g/mol. The van der Waals surface area contributed by atoms with Gasteiger partial charge >= 0.3 is 0 Å². The molecule has 1 N–H and O–H groups in total. The van der Waals surface area contributed by atoms with Crippen molar-refractivity contribution in [1.29, 1.82) is 0 Å². The largest absolute Gasteiger partial charge is 0.492 e. The number of nitrogens with one attached hydrogen (secondary N) is 1. The molecule has 2 rings (SSSR count). The molecule has 0 bridgehead atoms. The number of hydrogen-bond donors (Lipinski definition) is 1. The summed E-state index contributed by atoms with van der Waals surface area (Å²) in [5.74, 6) is 0.820. The molecule has 5 heteroatoms. The lowest BCUT2D eigenvalue weighted by molar-refractivity contribution is 0.0342. The fourth-order valence-electron chi connectivity index (χ4n) is 2.27. The minimum absolute atomic E-state index is 0.455. The zero-order chi connectivity index (χ0) is 14.2. The number of morpholine rings is 1. The molecule has 0 saturated carbocycles. The summed E-state index contributed by atoms with van der Waals surface area (Å²) in [6.07, 6.45) is 0. The first kappa shape index (κ1) is 15.6. The summed E-state index contributed by atoms with van der Waals surface area (Å²) in [7, 11) is 0. The van der Waals surface area contributed by atoms with Crippen molar-refractivity contribution in [2.45, 2.75) is 13.0 Å². The van der Waals surface area contributed by atoms with E-state index in [2.05, 4.69) is 17.1 Å². The molecular weight excluding hydrogens is 276 g/mol. The van der Waals surface area contributed by atoms with Gasteiger partial charge in [-0.1, -0.05) is 17.7 Å². The molecule has 1 aliphatic heterocycles. The summed E-state index contributed by atoms with van der Waals surface area (Å²) in [5, 5.41) is 4.18. The molecule has 0 aromatic heterocycles. The van der Waals surface area contributed by atoms with Gasteiger partial charge in [0, 0.05) is 37.2 Å². The molecule has 1 aromatic carbocycles. The van der Waals surface area contributed by atoms with E-state index in [1.807, 2.05) is 24.3 Å². The Morgan fingerprint density at radius 2 is 2.20 bits per heavy atom. The summed E-state index contributed by atoms with van der Waals surface area (Å²) in [4.78, 5) is 2.43. The van der Waals surface area contributed by atoms with Crippen molar-refractivity contribution in [3.8, 4) is 5.75 Å². The SMILES string of the molecule is CC(CN1CCOCC1)NCCOc1cccc(Cl)c1. The van der Waals surface area contributed by atoms with Gasteiger partial charge in [-0.25, -0.2) is 0 Å². The molecule has 1 aromatic rings. The molecular formula is C15H23ClN2O2. The lowest BCUT2D eigenvalue weighted by atomic mass is 10.3. The first-order valence-electron chi connectivity index (χ1n) is 7.16. The van der Waals surface area contributed by atoms with Crippen LogP contribution < -0.4 is 10.1 Å². The Morgan fingerprint density at radius 3 is 2.95 bits per heavy atom. The Balaban J connectivity index is 1.58. The summed E-state index contributed by atoms with van der Waals surface area (Å²) < 4.78 is 11.0. The Labute approximate surface area is 126 Å². The van der Waals surface area contributed by atoms with Crippen LogP contribution in [0.3, 0.4) is 0 Å². The van der Waals surface area contributed by atoms with Gasteiger partial charge in [0.1, 0.15) is 12.4 Å². The maximum atomic E-state index is 5.91. The van der Waals surface area contributed by atoms with Gasteiger partial charge in [-0.3, -0.25) is 4.90 Å². The van der Waals surface area contributed by atoms with Gasteiger partial charge in [0.05, 0.1) is 13.2 Å². The van der Waals surface area contributed by atoms with Crippen LogP contribution in [-0.4, -0.2) is 56.9 Å². The van der Waals surface area contributed by atoms with Gasteiger partial charge < -0.3 is 14.8 Å². The molecule has 0 spiro atoms. The predicted octanol–water partition coefficient (Wildman–Crippen LogP) is 2.03. The third-order valence-electron chi connectivity index (χ3n) is 3.30. The summed E-state index contributed by atoms with van der Waals surface area (Å²) in [6.45, 7) is 8.51. The molecule has 1 aliphatic rings. The van der Waals surface area contributed by atoms with E-state index >= 15 is 0 Å². The van der Waals surface area contributed by atoms with Crippen molar-refractivity contribution >= 4 is 11.6 Å². The van der Waals surface area contributed by atoms with Crippen LogP contribution in [0.15, 0.2) is 24.3 Å². The first-order chi connectivity index (χ1) is 9.74. The minimum Gasteiger partial charge on any atom is -0.492 e. The second-order valence-electron chi connectivity index (χ2n) is 5.07.